The Bertz CT molecular complexity index is 777. The highest BCUT2D eigenvalue weighted by Crippen LogP contribution is 2.33. The number of halogens is 2. The Labute approximate surface area is 147 Å². The molecule has 4 nitrogen and oxygen atoms in total. The first-order chi connectivity index (χ1) is 10.8. The van der Waals surface area contributed by atoms with Crippen molar-refractivity contribution in [1.29, 1.82) is 0 Å². The quantitative estimate of drug-likeness (QED) is 0.601. The fourth-order valence-electron chi connectivity index (χ4n) is 1.90. The van der Waals surface area contributed by atoms with Crippen LogP contribution in [0, 0.1) is 19.7 Å². The highest BCUT2D eigenvalue weighted by Gasteiger charge is 2.20. The fraction of sp³-hybridized carbons (Fsp3) is 0.200. The van der Waals surface area contributed by atoms with Crippen LogP contribution in [0.1, 0.15) is 20.8 Å². The van der Waals surface area contributed by atoms with Crippen LogP contribution in [0.4, 0.5) is 15.1 Å². The number of aryl methyl sites for hydroxylation is 1. The van der Waals surface area contributed by atoms with Gasteiger partial charge >= 0.3 is 5.97 Å². The number of ether oxygens (including phenoxy) is 1. The van der Waals surface area contributed by atoms with Crippen molar-refractivity contribution in [3.05, 3.63) is 45.0 Å². The van der Waals surface area contributed by atoms with Gasteiger partial charge in [-0.3, -0.25) is 0 Å². The van der Waals surface area contributed by atoms with Crippen molar-refractivity contribution in [2.24, 2.45) is 0 Å². The second-order valence-corrected chi connectivity index (χ2v) is 6.73. The molecule has 1 aromatic heterocycles. The number of rotatable bonds is 3. The lowest BCUT2D eigenvalue weighted by Crippen LogP contribution is -2.20. The summed E-state index contributed by atoms with van der Waals surface area (Å²) in [4.78, 5) is 12.9. The third-order valence-electron chi connectivity index (χ3n) is 3.18. The van der Waals surface area contributed by atoms with Crippen molar-refractivity contribution in [1.82, 2.24) is 0 Å². The summed E-state index contributed by atoms with van der Waals surface area (Å²) in [5, 5.41) is 6.72. The van der Waals surface area contributed by atoms with E-state index in [0.717, 1.165) is 10.4 Å². The number of hydrogen-bond donors (Lipinski definition) is 2. The molecule has 1 aromatic carbocycles. The molecule has 23 heavy (non-hydrogen) atoms. The van der Waals surface area contributed by atoms with Gasteiger partial charge in [0.05, 0.1) is 17.7 Å². The fourth-order valence-corrected chi connectivity index (χ4v) is 3.42. The first-order valence-corrected chi connectivity index (χ1v) is 8.15. The number of carbonyl (C=O) groups excluding carboxylic acids is 1. The molecule has 0 unspecified atom stereocenters. The van der Waals surface area contributed by atoms with Crippen molar-refractivity contribution >= 4 is 56.9 Å². The summed E-state index contributed by atoms with van der Waals surface area (Å²) in [7, 11) is 1.33. The van der Waals surface area contributed by atoms with E-state index < -0.39 is 11.8 Å². The molecular formula is C15H14ClFN2O2S2. The third kappa shape index (κ3) is 3.99. The van der Waals surface area contributed by atoms with Crippen LogP contribution >= 0.6 is 35.2 Å². The molecule has 2 N–H and O–H groups in total. The van der Waals surface area contributed by atoms with Gasteiger partial charge in [0.2, 0.25) is 0 Å². The lowest BCUT2D eigenvalue weighted by atomic mass is 10.1. The van der Waals surface area contributed by atoms with Gasteiger partial charge in [0.15, 0.2) is 5.11 Å². The van der Waals surface area contributed by atoms with E-state index in [1.54, 1.807) is 0 Å². The molecule has 1 heterocycles. The van der Waals surface area contributed by atoms with Crippen molar-refractivity contribution < 1.29 is 13.9 Å². The average Bonchev–Trinajstić information content (AvgIpc) is 2.76. The Hall–Kier alpha value is -1.70. The second kappa shape index (κ2) is 7.25. The zero-order valence-corrected chi connectivity index (χ0v) is 15.0. The Balaban J connectivity index is 2.18. The number of thiocarbonyl (C=S) groups is 1. The Morgan fingerprint density at radius 2 is 2.04 bits per heavy atom. The highest BCUT2D eigenvalue weighted by molar-refractivity contribution is 7.80. The molecule has 0 radical (unpaired) electrons. The summed E-state index contributed by atoms with van der Waals surface area (Å²) in [6.45, 7) is 3.76. The van der Waals surface area contributed by atoms with E-state index in [4.69, 9.17) is 28.6 Å². The monoisotopic (exact) mass is 372 g/mol. The zero-order valence-electron chi connectivity index (χ0n) is 12.6. The van der Waals surface area contributed by atoms with Gasteiger partial charge in [0.1, 0.15) is 10.8 Å². The van der Waals surface area contributed by atoms with Gasteiger partial charge in [-0.15, -0.1) is 11.3 Å². The number of nitrogens with one attached hydrogen (secondary N) is 2. The van der Waals surface area contributed by atoms with Crippen molar-refractivity contribution in [2.75, 3.05) is 17.7 Å². The van der Waals surface area contributed by atoms with Crippen LogP contribution in [-0.4, -0.2) is 18.2 Å². The predicted octanol–water partition coefficient (Wildman–Crippen LogP) is 4.75. The van der Waals surface area contributed by atoms with Crippen LogP contribution in [0.15, 0.2) is 18.2 Å². The minimum absolute atomic E-state index is 0.00383. The summed E-state index contributed by atoms with van der Waals surface area (Å²) in [5.41, 5.74) is 1.84. The Morgan fingerprint density at radius 1 is 1.35 bits per heavy atom. The van der Waals surface area contributed by atoms with Gasteiger partial charge in [-0.1, -0.05) is 11.6 Å². The largest absolute Gasteiger partial charge is 0.465 e. The molecule has 0 aliphatic carbocycles. The summed E-state index contributed by atoms with van der Waals surface area (Å²) in [6.07, 6.45) is 0. The molecular weight excluding hydrogens is 359 g/mol. The number of hydrogen-bond acceptors (Lipinski definition) is 4. The van der Waals surface area contributed by atoms with E-state index >= 15 is 0 Å². The average molecular weight is 373 g/mol. The van der Waals surface area contributed by atoms with Gasteiger partial charge in [-0.25, -0.2) is 9.18 Å². The van der Waals surface area contributed by atoms with Crippen LogP contribution in [0.5, 0.6) is 0 Å². The van der Waals surface area contributed by atoms with E-state index in [2.05, 4.69) is 10.6 Å². The number of thiophene rings is 1. The smallest absolute Gasteiger partial charge is 0.341 e. The number of benzene rings is 1. The zero-order chi connectivity index (χ0) is 17.1. The molecule has 0 aliphatic rings. The molecule has 0 aliphatic heterocycles. The van der Waals surface area contributed by atoms with E-state index in [-0.39, 0.29) is 10.1 Å². The Morgan fingerprint density at radius 3 is 2.65 bits per heavy atom. The molecule has 2 aromatic rings. The molecule has 0 atom stereocenters. The molecule has 0 saturated carbocycles. The van der Waals surface area contributed by atoms with Crippen LogP contribution in [-0.2, 0) is 4.74 Å². The van der Waals surface area contributed by atoms with Crippen molar-refractivity contribution in [3.8, 4) is 0 Å². The van der Waals surface area contributed by atoms with E-state index in [1.165, 1.54) is 36.6 Å². The summed E-state index contributed by atoms with van der Waals surface area (Å²) in [5.74, 6) is -0.935. The standard InChI is InChI=1S/C15H14ClFN2O2S2/c1-7-8(2)23-13(12(7)14(20)21-3)19-15(22)18-9-4-5-11(17)10(16)6-9/h4-6H,1-3H3,(H2,18,19,22). The molecule has 0 saturated heterocycles. The van der Waals surface area contributed by atoms with E-state index in [0.29, 0.717) is 16.3 Å². The van der Waals surface area contributed by atoms with Crippen molar-refractivity contribution in [2.45, 2.75) is 13.8 Å². The maximum atomic E-state index is 13.2. The number of esters is 1. The normalized spacial score (nSPS) is 10.3. The van der Waals surface area contributed by atoms with Gasteiger partial charge in [0.25, 0.3) is 0 Å². The molecule has 122 valence electrons. The van der Waals surface area contributed by atoms with Crippen LogP contribution in [0.3, 0.4) is 0 Å². The Kier molecular flexibility index (Phi) is 5.56. The topological polar surface area (TPSA) is 50.4 Å². The number of carbonyl (C=O) groups is 1. The van der Waals surface area contributed by atoms with Crippen molar-refractivity contribution in [3.63, 3.8) is 0 Å². The van der Waals surface area contributed by atoms with Gasteiger partial charge in [-0.05, 0) is 49.8 Å². The molecule has 0 spiro atoms. The van der Waals surface area contributed by atoms with E-state index in [9.17, 15) is 9.18 Å². The van der Waals surface area contributed by atoms with Gasteiger partial charge in [-0.2, -0.15) is 0 Å². The lowest BCUT2D eigenvalue weighted by molar-refractivity contribution is 0.0601. The molecule has 8 heteroatoms. The summed E-state index contributed by atoms with van der Waals surface area (Å²) in [6, 6.07) is 4.19. The first-order valence-electron chi connectivity index (χ1n) is 6.54. The predicted molar refractivity (Wildman–Crippen MR) is 96.4 cm³/mol. The van der Waals surface area contributed by atoms with E-state index in [1.807, 2.05) is 13.8 Å². The lowest BCUT2D eigenvalue weighted by Gasteiger charge is -2.11. The summed E-state index contributed by atoms with van der Waals surface area (Å²) < 4.78 is 18.0. The minimum atomic E-state index is -0.506. The molecule has 0 fully saturated rings. The number of anilines is 2. The van der Waals surface area contributed by atoms with Gasteiger partial charge < -0.3 is 15.4 Å². The SMILES string of the molecule is COC(=O)c1c(NC(=S)Nc2ccc(F)c(Cl)c2)sc(C)c1C. The molecule has 0 bridgehead atoms. The maximum Gasteiger partial charge on any atom is 0.341 e. The van der Waals surface area contributed by atoms with Crippen LogP contribution in [0.2, 0.25) is 5.02 Å². The van der Waals surface area contributed by atoms with Gasteiger partial charge in [0, 0.05) is 10.6 Å². The molecule has 2 rings (SSSR count). The molecule has 0 amide bonds. The number of methoxy groups -OCH3 is 1. The third-order valence-corrected chi connectivity index (χ3v) is 4.80. The maximum absolute atomic E-state index is 13.2. The minimum Gasteiger partial charge on any atom is -0.465 e. The second-order valence-electron chi connectivity index (χ2n) is 4.69. The van der Waals surface area contributed by atoms with Crippen LogP contribution in [0.25, 0.3) is 0 Å². The summed E-state index contributed by atoms with van der Waals surface area (Å²) >= 11 is 12.4. The first kappa shape index (κ1) is 17.7. The van der Waals surface area contributed by atoms with Crippen LogP contribution < -0.4 is 10.6 Å². The highest BCUT2D eigenvalue weighted by atomic mass is 35.5.